The van der Waals surface area contributed by atoms with Crippen LogP contribution in [0.5, 0.6) is 46.0 Å². The van der Waals surface area contributed by atoms with E-state index in [4.69, 9.17) is 16.7 Å². The molecule has 34 heteroatoms. The normalized spacial score (nSPS) is 18.1. The van der Waals surface area contributed by atoms with Crippen molar-refractivity contribution in [2.75, 3.05) is 0 Å². The molecule has 16 rings (SSSR count). The van der Waals surface area contributed by atoms with Gasteiger partial charge in [0.1, 0.15) is 25.3 Å². The van der Waals surface area contributed by atoms with Gasteiger partial charge in [0.05, 0.1) is 0 Å². The highest BCUT2D eigenvalue weighted by atomic mass is 32.2. The Morgan fingerprint density at radius 2 is 0.441 bits per heavy atom. The number of benzene rings is 12. The molecular weight excluding hydrogens is 1640 g/mol. The fraction of sp³-hybridized carbons (Fsp3) is 0.143. The zero-order valence-electron chi connectivity index (χ0n) is 62.2. The summed E-state index contributed by atoms with van der Waals surface area (Å²) in [5.41, 5.74) is -7.16. The third-order valence-corrected chi connectivity index (χ3v) is 26.3. The Kier molecular flexibility index (Phi) is 21.0. The molecule has 12 aromatic rings. The monoisotopic (exact) mass is 1700 g/mol. The van der Waals surface area contributed by atoms with Gasteiger partial charge in [-0.1, -0.05) is 78.9 Å². The van der Waals surface area contributed by atoms with E-state index in [-0.39, 0.29) is 81.0 Å². The molecule has 8 N–H and O–H groups in total. The second-order valence-electron chi connectivity index (χ2n) is 27.9. The Bertz CT molecular complexity index is 6670. The first-order chi connectivity index (χ1) is 55.2. The van der Waals surface area contributed by atoms with Crippen molar-refractivity contribution >= 4 is 40.5 Å². The molecular formula is C84H62F10O20S4. The summed E-state index contributed by atoms with van der Waals surface area (Å²) < 4.78 is 269. The molecule has 0 radical (unpaired) electrons. The maximum absolute atomic E-state index is 14.6. The van der Waals surface area contributed by atoms with E-state index in [0.717, 1.165) is 62.4 Å². The lowest BCUT2D eigenvalue weighted by molar-refractivity contribution is 0.175. The van der Waals surface area contributed by atoms with Gasteiger partial charge >= 0.3 is 0 Å². The Morgan fingerprint density at radius 3 is 0.686 bits per heavy atom. The van der Waals surface area contributed by atoms with Gasteiger partial charge in [-0.15, -0.1) is 0 Å². The molecule has 0 amide bonds. The fourth-order valence-corrected chi connectivity index (χ4v) is 21.1. The van der Waals surface area contributed by atoms with Crippen molar-refractivity contribution in [3.05, 3.63) is 351 Å². The van der Waals surface area contributed by atoms with Crippen LogP contribution >= 0.6 is 0 Å². The molecule has 2 unspecified atom stereocenters. The van der Waals surface area contributed by atoms with Crippen molar-refractivity contribution in [2.45, 2.75) is 97.4 Å². The summed E-state index contributed by atoms with van der Waals surface area (Å²) in [6.07, 6.45) is 0. The van der Waals surface area contributed by atoms with Crippen LogP contribution in [0.3, 0.4) is 0 Å². The third-order valence-electron chi connectivity index (χ3n) is 20.8. The summed E-state index contributed by atoms with van der Waals surface area (Å²) in [5, 5.41) is 77.6. The number of halogens is 10. The van der Waals surface area contributed by atoms with Crippen LogP contribution in [-0.4, -0.2) is 74.5 Å². The number of aryl methyl sites for hydroxylation is 5. The van der Waals surface area contributed by atoms with Gasteiger partial charge < -0.3 is 40.9 Å². The number of hydrogen-bond donors (Lipinski definition) is 8. The number of hydrogen-bond acceptors (Lipinski definition) is 20. The molecule has 0 fully saturated rings. The minimum atomic E-state index is -4.53. The smallest absolute Gasteiger partial charge is 0.298 e. The van der Waals surface area contributed by atoms with Crippen LogP contribution in [0.1, 0.15) is 111 Å². The van der Waals surface area contributed by atoms with Crippen LogP contribution in [0.25, 0.3) is 0 Å². The van der Waals surface area contributed by atoms with Crippen LogP contribution in [0, 0.1) is 114 Å². The SMILES string of the molecule is Cc1c(C2(c3cc([18F])c(O)c([18F])c3C)OS(=O)(=O)c3ccccc32)cc([18F])c(O)c1[18F].Cc1cc(O)c([18F])cc1C1(c2cc([18F])c(O)c([18F])c2C)OS(=O)(=O)c2ccccc21.Cc1cc(O)c([18F])cc1C1(c2cc([18F])c(O)cc2C)OS(=O)(=O)c2ccccc21.Cc1cc(O)ccc1C1(c2cc([18F])c(O)cc2C)OS(=O)(=O)c2ccccc21. The Labute approximate surface area is 666 Å². The van der Waals surface area contributed by atoms with E-state index in [1.807, 2.05) is 0 Å². The average molecular weight is 1700 g/mol. The molecule has 118 heavy (non-hydrogen) atoms. The topological polar surface area (TPSA) is 335 Å². The minimum absolute atomic E-state index is 0.00430. The summed E-state index contributed by atoms with van der Waals surface area (Å²) >= 11 is 0. The Morgan fingerprint density at radius 1 is 0.237 bits per heavy atom. The predicted molar refractivity (Wildman–Crippen MR) is 401 cm³/mol. The van der Waals surface area contributed by atoms with Crippen molar-refractivity contribution < 1.29 is 135 Å². The molecule has 2 atom stereocenters. The zero-order chi connectivity index (χ0) is 86.3. The highest BCUT2D eigenvalue weighted by molar-refractivity contribution is 7.88. The molecule has 4 heterocycles. The number of aromatic hydroxyl groups is 8. The van der Waals surface area contributed by atoms with Crippen LogP contribution < -0.4 is 0 Å². The van der Waals surface area contributed by atoms with Gasteiger partial charge in [-0.05, 0) is 209 Å². The molecule has 0 aromatic heterocycles. The van der Waals surface area contributed by atoms with Crippen LogP contribution in [-0.2, 0) is 79.6 Å². The van der Waals surface area contributed by atoms with Gasteiger partial charge in [-0.25, -0.2) is 60.6 Å². The maximum Gasteiger partial charge on any atom is 0.298 e. The minimum Gasteiger partial charge on any atom is -0.508 e. The summed E-state index contributed by atoms with van der Waals surface area (Å²) in [4.78, 5) is -0.737. The average Bonchev–Trinajstić information content (AvgIpc) is 1.59. The van der Waals surface area contributed by atoms with Crippen LogP contribution in [0.4, 0.5) is 43.9 Å². The molecule has 4 aliphatic heterocycles. The number of phenolic OH excluding ortho intramolecular Hbond substituents is 8. The van der Waals surface area contributed by atoms with Crippen LogP contribution in [0.15, 0.2) is 202 Å². The second kappa shape index (κ2) is 29.6. The summed E-state index contributed by atoms with van der Waals surface area (Å²) in [6.45, 7) is 11.4. The molecule has 12 aromatic carbocycles. The fourth-order valence-electron chi connectivity index (χ4n) is 15.5. The lowest BCUT2D eigenvalue weighted by Gasteiger charge is -2.32. The molecule has 20 nitrogen and oxygen atoms in total. The molecule has 0 aliphatic carbocycles. The number of fused-ring (bicyclic) bond motifs is 4. The number of rotatable bonds is 8. The first-order valence-electron chi connectivity index (χ1n) is 34.7. The van der Waals surface area contributed by atoms with Gasteiger partial charge in [0.25, 0.3) is 40.5 Å². The third kappa shape index (κ3) is 13.2. The first-order valence-corrected chi connectivity index (χ1v) is 40.3. The van der Waals surface area contributed by atoms with Crippen molar-refractivity contribution in [1.82, 2.24) is 0 Å². The van der Waals surface area contributed by atoms with Crippen molar-refractivity contribution in [1.29, 1.82) is 0 Å². The summed E-state index contributed by atoms with van der Waals surface area (Å²) in [5.74, 6) is -18.4. The summed E-state index contributed by atoms with van der Waals surface area (Å²) in [6, 6.07) is 38.2. The largest absolute Gasteiger partial charge is 0.508 e. The van der Waals surface area contributed by atoms with E-state index in [2.05, 4.69) is 0 Å². The predicted octanol–water partition coefficient (Wildman–Crippen LogP) is 16.3. The van der Waals surface area contributed by atoms with E-state index in [1.165, 1.54) is 105 Å². The van der Waals surface area contributed by atoms with E-state index in [1.54, 1.807) is 58.0 Å². The van der Waals surface area contributed by atoms with Gasteiger partial charge in [-0.3, -0.25) is 0 Å². The molecule has 0 spiro atoms. The van der Waals surface area contributed by atoms with Gasteiger partial charge in [0.2, 0.25) is 0 Å². The highest BCUT2D eigenvalue weighted by Gasteiger charge is 2.58. The molecule has 0 bridgehead atoms. The first kappa shape index (κ1) is 83.9. The Hall–Kier alpha value is -12.0. The quantitative estimate of drug-likeness (QED) is 0.0517. The zero-order valence-corrected chi connectivity index (χ0v) is 65.5. The van der Waals surface area contributed by atoms with Gasteiger partial charge in [0.15, 0.2) is 121 Å². The van der Waals surface area contributed by atoms with Crippen LogP contribution in [0.2, 0.25) is 0 Å². The lowest BCUT2D eigenvalue weighted by atomic mass is 9.76. The second-order valence-corrected chi connectivity index (χ2v) is 34.0. The van der Waals surface area contributed by atoms with Crippen molar-refractivity contribution in [3.63, 3.8) is 0 Å². The van der Waals surface area contributed by atoms with Crippen molar-refractivity contribution in [3.8, 4) is 46.0 Å². The maximum atomic E-state index is 14.6. The molecule has 0 saturated heterocycles. The van der Waals surface area contributed by atoms with Gasteiger partial charge in [0, 0.05) is 61.2 Å². The van der Waals surface area contributed by atoms with Gasteiger partial charge in [-0.2, -0.15) is 33.7 Å². The highest BCUT2D eigenvalue weighted by Crippen LogP contribution is 2.59. The van der Waals surface area contributed by atoms with E-state index in [0.29, 0.717) is 45.5 Å². The molecule has 4 aliphatic rings. The van der Waals surface area contributed by atoms with E-state index >= 15 is 0 Å². The lowest BCUT2D eigenvalue weighted by Crippen LogP contribution is -2.32. The summed E-state index contributed by atoms with van der Waals surface area (Å²) in [7, 11) is -17.3. The molecule has 612 valence electrons. The molecule has 0 saturated carbocycles. The van der Waals surface area contributed by atoms with E-state index < -0.39 is 184 Å². The van der Waals surface area contributed by atoms with Crippen molar-refractivity contribution in [2.24, 2.45) is 0 Å². The van der Waals surface area contributed by atoms with E-state index in [9.17, 15) is 118 Å². The Balaban J connectivity index is 0.000000136. The number of phenols is 8. The standard InChI is InChI=1S/C21H14F4O5S.C21H15F3O5S.C21H16F2O5S.C21H17FO5S/c1-9-12(7-14(22)19(26)17(9)24)21(13-8-15(23)20(27)18(25)10(13)2)11-5-3-4-6-16(11)31(28,29)30-21;1-10-7-17(25)15(22)8-13(10)21(14-9-16(23)20(26)19(24)11(14)2)12-5-3-4-6-18(12)30(27,28)29-21;1-11-7-18(24)16(22)9-14(11)21(15-10-17(23)19(25)8-12(15)2)13-5-3-4-6-20(13)29(26,27)28-21;1-12-9-14(23)7-8-15(12)21(17-11-18(22)19(24)10-13(17)2)16-5-3-4-6-20(16)28(25,26)27-21/h3-8,26-27H,1-2H3;3-9,25-26H,1-2H3;3-10,24-25H,1-2H3;3-11,23-24H,1-2H3/i22-1,23-1,24-1,25-1;22-1,23-1,24-1;22-1,23-1;22-1.